The van der Waals surface area contributed by atoms with Crippen molar-refractivity contribution in [1.29, 1.82) is 0 Å². The number of amides is 1. The minimum atomic E-state index is -1.09. The number of hydrogen-bond acceptors (Lipinski definition) is 1. The zero-order valence-corrected chi connectivity index (χ0v) is 18.9. The van der Waals surface area contributed by atoms with E-state index in [0.29, 0.717) is 0 Å². The molecular formula is C18H26ClNOPY+. The number of benzene rings is 1. The van der Waals surface area contributed by atoms with E-state index in [1.807, 2.05) is 26.0 Å². The molecule has 1 saturated carbocycles. The molecule has 0 unspecified atom stereocenters. The van der Waals surface area contributed by atoms with Crippen molar-refractivity contribution < 1.29 is 37.5 Å². The van der Waals surface area contributed by atoms with Gasteiger partial charge in [-0.05, 0) is 56.9 Å². The molecule has 0 spiro atoms. The first-order chi connectivity index (χ1) is 10.4. The van der Waals surface area contributed by atoms with E-state index >= 15 is 0 Å². The van der Waals surface area contributed by atoms with Crippen LogP contribution in [0, 0.1) is 13.8 Å². The molecule has 2 aliphatic rings. The number of rotatable bonds is 4. The average molecular weight is 428 g/mol. The third kappa shape index (κ3) is 3.44. The Balaban J connectivity index is 0.00000192. The van der Waals surface area contributed by atoms with Gasteiger partial charge in [0.1, 0.15) is 0 Å². The van der Waals surface area contributed by atoms with E-state index in [-0.39, 0.29) is 43.8 Å². The summed E-state index contributed by atoms with van der Waals surface area (Å²) in [6.45, 7) is 6.36. The van der Waals surface area contributed by atoms with Crippen LogP contribution < -0.4 is 5.32 Å². The van der Waals surface area contributed by atoms with Crippen LogP contribution >= 0.6 is 18.9 Å². The fourth-order valence-corrected chi connectivity index (χ4v) is 10.2. The number of anilines is 1. The van der Waals surface area contributed by atoms with Gasteiger partial charge >= 0.3 is 0 Å². The number of halogens is 1. The summed E-state index contributed by atoms with van der Waals surface area (Å²) in [6, 6.07) is 3.87. The molecule has 3 rings (SSSR count). The molecule has 1 amide bonds. The molecule has 5 heteroatoms. The van der Waals surface area contributed by atoms with E-state index in [0.717, 1.165) is 34.7 Å². The minimum absolute atomic E-state index is 0. The molecule has 1 saturated heterocycles. The number of carbonyl (C=O) groups excluding carboxylic acids is 1. The summed E-state index contributed by atoms with van der Waals surface area (Å²) >= 11 is 6.10. The maximum atomic E-state index is 13.1. The maximum absolute atomic E-state index is 13.1. The predicted molar refractivity (Wildman–Crippen MR) is 97.9 cm³/mol. The SMILES string of the molecule is CC[P+]1(C2(C(=O)Nc3c(C)cc(Cl)cc3C)CC2)CCCC1.[Y]. The van der Waals surface area contributed by atoms with Crippen LogP contribution in [-0.2, 0) is 37.5 Å². The van der Waals surface area contributed by atoms with Crippen LogP contribution in [0.5, 0.6) is 0 Å². The summed E-state index contributed by atoms with van der Waals surface area (Å²) in [5.41, 5.74) is 3.09. The molecule has 1 radical (unpaired) electrons. The molecule has 1 aromatic carbocycles. The Morgan fingerprint density at radius 1 is 1.22 bits per heavy atom. The Kier molecular flexibility index (Phi) is 6.39. The maximum Gasteiger partial charge on any atom is 0.268 e. The van der Waals surface area contributed by atoms with Crippen molar-refractivity contribution in [2.24, 2.45) is 0 Å². The van der Waals surface area contributed by atoms with Crippen molar-refractivity contribution in [1.82, 2.24) is 0 Å². The topological polar surface area (TPSA) is 29.1 Å². The normalized spacial score (nSPS) is 20.7. The third-order valence-corrected chi connectivity index (χ3v) is 12.1. The first-order valence-corrected chi connectivity index (χ1v) is 11.1. The van der Waals surface area contributed by atoms with Gasteiger partial charge < -0.3 is 5.32 Å². The van der Waals surface area contributed by atoms with Crippen LogP contribution in [-0.4, -0.2) is 29.5 Å². The van der Waals surface area contributed by atoms with Gasteiger partial charge in [0.05, 0.1) is 18.5 Å². The van der Waals surface area contributed by atoms with E-state index in [4.69, 9.17) is 11.6 Å². The zero-order chi connectivity index (χ0) is 16.0. The van der Waals surface area contributed by atoms with Gasteiger partial charge in [-0.1, -0.05) is 11.6 Å². The molecule has 1 aliphatic heterocycles. The average Bonchev–Trinajstić information content (AvgIpc) is 3.15. The minimum Gasteiger partial charge on any atom is -0.322 e. The van der Waals surface area contributed by atoms with Crippen molar-refractivity contribution in [3.8, 4) is 0 Å². The second kappa shape index (κ2) is 7.40. The largest absolute Gasteiger partial charge is 0.322 e. The molecule has 2 fully saturated rings. The number of carbonyl (C=O) groups is 1. The van der Waals surface area contributed by atoms with Gasteiger partial charge in [-0.25, -0.2) is 0 Å². The van der Waals surface area contributed by atoms with Crippen LogP contribution in [0.4, 0.5) is 5.69 Å². The van der Waals surface area contributed by atoms with E-state index in [1.165, 1.54) is 31.3 Å². The van der Waals surface area contributed by atoms with Crippen molar-refractivity contribution in [3.63, 3.8) is 0 Å². The standard InChI is InChI=1S/C18H25ClNOP.Y/c1-4-22(9-5-6-10-22)18(7-8-18)17(21)20-16-13(2)11-15(19)12-14(16)3;/h11-12H,4-10H2,1-3H3;/p+1. The molecule has 1 aliphatic carbocycles. The van der Waals surface area contributed by atoms with Crippen molar-refractivity contribution in [2.45, 2.75) is 51.6 Å². The van der Waals surface area contributed by atoms with Gasteiger partial charge in [-0.3, -0.25) is 4.79 Å². The third-order valence-electron chi connectivity index (χ3n) is 5.82. The van der Waals surface area contributed by atoms with Crippen LogP contribution in [0.2, 0.25) is 5.02 Å². The summed E-state index contributed by atoms with van der Waals surface area (Å²) < 4.78 is 0. The summed E-state index contributed by atoms with van der Waals surface area (Å²) in [5.74, 6) is 0.290. The molecule has 1 N–H and O–H groups in total. The molecule has 1 heterocycles. The predicted octanol–water partition coefficient (Wildman–Crippen LogP) is 5.26. The fourth-order valence-electron chi connectivity index (χ4n) is 4.36. The Hall–Kier alpha value is 0.514. The molecule has 1 aromatic rings. The Labute approximate surface area is 170 Å². The second-order valence-corrected chi connectivity index (χ2v) is 12.1. The van der Waals surface area contributed by atoms with E-state index < -0.39 is 7.26 Å². The van der Waals surface area contributed by atoms with E-state index in [1.54, 1.807) is 0 Å². The van der Waals surface area contributed by atoms with E-state index in [9.17, 15) is 4.79 Å². The quantitative estimate of drug-likeness (QED) is 0.653. The number of hydrogen-bond donors (Lipinski definition) is 1. The van der Waals surface area contributed by atoms with Gasteiger partial charge in [0.25, 0.3) is 5.91 Å². The summed E-state index contributed by atoms with van der Waals surface area (Å²) in [6.07, 6.45) is 8.76. The molecule has 2 nitrogen and oxygen atoms in total. The number of aryl methyl sites for hydroxylation is 2. The zero-order valence-electron chi connectivity index (χ0n) is 14.4. The van der Waals surface area contributed by atoms with E-state index in [2.05, 4.69) is 12.2 Å². The summed E-state index contributed by atoms with van der Waals surface area (Å²) in [7, 11) is -1.09. The van der Waals surface area contributed by atoms with Gasteiger partial charge in [0.2, 0.25) is 0 Å². The van der Waals surface area contributed by atoms with Crippen molar-refractivity contribution in [2.75, 3.05) is 23.8 Å². The van der Waals surface area contributed by atoms with Crippen LogP contribution in [0.25, 0.3) is 0 Å². The molecule has 0 aromatic heterocycles. The van der Waals surface area contributed by atoms with Gasteiger partial charge in [0.15, 0.2) is 5.16 Å². The monoisotopic (exact) mass is 427 g/mol. The molecule has 0 atom stereocenters. The molecule has 0 bridgehead atoms. The summed E-state index contributed by atoms with van der Waals surface area (Å²) in [4.78, 5) is 13.1. The van der Waals surface area contributed by atoms with Crippen molar-refractivity contribution in [3.05, 3.63) is 28.3 Å². The smallest absolute Gasteiger partial charge is 0.268 e. The van der Waals surface area contributed by atoms with Crippen LogP contribution in [0.15, 0.2) is 12.1 Å². The van der Waals surface area contributed by atoms with Crippen LogP contribution in [0.3, 0.4) is 0 Å². The van der Waals surface area contributed by atoms with Crippen LogP contribution in [0.1, 0.15) is 43.7 Å². The second-order valence-electron chi connectivity index (χ2n) is 7.02. The Morgan fingerprint density at radius 2 is 1.74 bits per heavy atom. The first kappa shape index (κ1) is 19.8. The Morgan fingerprint density at radius 3 is 2.17 bits per heavy atom. The van der Waals surface area contributed by atoms with Crippen molar-refractivity contribution >= 4 is 30.5 Å². The number of nitrogens with one attached hydrogen (secondary N) is 1. The first-order valence-electron chi connectivity index (χ1n) is 8.38. The molecule has 123 valence electrons. The molecule has 23 heavy (non-hydrogen) atoms. The molecular weight excluding hydrogens is 402 g/mol. The Bertz CT molecular complexity index is 586. The van der Waals surface area contributed by atoms with Gasteiger partial charge in [-0.2, -0.15) is 0 Å². The summed E-state index contributed by atoms with van der Waals surface area (Å²) in [5, 5.41) is 4.01. The van der Waals surface area contributed by atoms with Gasteiger partial charge in [-0.15, -0.1) is 0 Å². The van der Waals surface area contributed by atoms with Gasteiger partial charge in [0, 0.05) is 63.5 Å². The fraction of sp³-hybridized carbons (Fsp3) is 0.611.